The normalized spacial score (nSPS) is 11.2. The fraction of sp³-hybridized carbons (Fsp3) is 0.286. The van der Waals surface area contributed by atoms with Crippen molar-refractivity contribution >= 4 is 11.6 Å². The highest BCUT2D eigenvalue weighted by Gasteiger charge is 2.37. The van der Waals surface area contributed by atoms with Gasteiger partial charge in [-0.2, -0.15) is 22.0 Å². The van der Waals surface area contributed by atoms with Gasteiger partial charge in [-0.1, -0.05) is 12.6 Å². The van der Waals surface area contributed by atoms with Crippen molar-refractivity contribution in [1.29, 1.82) is 0 Å². The van der Waals surface area contributed by atoms with Crippen LogP contribution in [0, 0.1) is 0 Å². The first-order chi connectivity index (χ1) is 14.6. The summed E-state index contributed by atoms with van der Waals surface area (Å²) in [5, 5.41) is 2.34. The first-order valence-electron chi connectivity index (χ1n) is 8.92. The molecule has 0 fully saturated rings. The maximum Gasteiger partial charge on any atom is 0.419 e. The average Bonchev–Trinajstić information content (AvgIpc) is 2.71. The Morgan fingerprint density at radius 3 is 2.32 bits per heavy atom. The number of alkyl halides is 5. The maximum absolute atomic E-state index is 13.4. The number of methoxy groups -OCH3 is 2. The lowest BCUT2D eigenvalue weighted by atomic mass is 9.98. The molecule has 0 atom stereocenters. The zero-order valence-corrected chi connectivity index (χ0v) is 16.7. The van der Waals surface area contributed by atoms with Gasteiger partial charge < -0.3 is 19.5 Å². The molecule has 0 bridgehead atoms. The molecular formula is C21H20F5NO4. The summed E-state index contributed by atoms with van der Waals surface area (Å²) in [6.07, 6.45) is -4.04. The van der Waals surface area contributed by atoms with Crippen molar-refractivity contribution in [3.63, 3.8) is 0 Å². The van der Waals surface area contributed by atoms with Crippen LogP contribution in [-0.4, -0.2) is 26.7 Å². The number of ether oxygens (including phenoxy) is 3. The van der Waals surface area contributed by atoms with Crippen LogP contribution in [-0.2, 0) is 23.8 Å². The van der Waals surface area contributed by atoms with Crippen LogP contribution in [0.5, 0.6) is 17.2 Å². The van der Waals surface area contributed by atoms with Crippen molar-refractivity contribution in [2.24, 2.45) is 0 Å². The molecule has 1 N–H and O–H groups in total. The first-order valence-corrected chi connectivity index (χ1v) is 8.92. The Labute approximate surface area is 175 Å². The van der Waals surface area contributed by atoms with E-state index in [0.717, 1.165) is 12.1 Å². The second-order valence-corrected chi connectivity index (χ2v) is 6.23. The highest BCUT2D eigenvalue weighted by molar-refractivity contribution is 5.99. The van der Waals surface area contributed by atoms with Crippen LogP contribution in [0.4, 0.5) is 27.6 Å². The van der Waals surface area contributed by atoms with E-state index in [-0.39, 0.29) is 24.1 Å². The van der Waals surface area contributed by atoms with Gasteiger partial charge in [0.25, 0.3) is 0 Å². The molecule has 0 aliphatic carbocycles. The summed E-state index contributed by atoms with van der Waals surface area (Å²) < 4.78 is 80.8. The Kier molecular flexibility index (Phi) is 7.84. The Morgan fingerprint density at radius 2 is 1.77 bits per heavy atom. The van der Waals surface area contributed by atoms with Gasteiger partial charge in [0.15, 0.2) is 11.5 Å². The maximum atomic E-state index is 13.4. The fourth-order valence-corrected chi connectivity index (χ4v) is 2.93. The first kappa shape index (κ1) is 24.0. The third-order valence-corrected chi connectivity index (χ3v) is 4.33. The number of benzene rings is 2. The molecule has 2 aromatic rings. The van der Waals surface area contributed by atoms with Gasteiger partial charge in [0.2, 0.25) is 5.91 Å². The topological polar surface area (TPSA) is 56.8 Å². The molecule has 0 unspecified atom stereocenters. The number of halogens is 5. The van der Waals surface area contributed by atoms with E-state index in [0.29, 0.717) is 23.1 Å². The molecule has 31 heavy (non-hydrogen) atoms. The Bertz CT molecular complexity index is 944. The summed E-state index contributed by atoms with van der Waals surface area (Å²) in [7, 11) is 2.87. The van der Waals surface area contributed by atoms with Crippen molar-refractivity contribution in [2.45, 2.75) is 25.6 Å². The summed E-state index contributed by atoms with van der Waals surface area (Å²) in [5.74, 6) is -0.904. The molecule has 0 aliphatic rings. The van der Waals surface area contributed by atoms with Crippen molar-refractivity contribution < 1.29 is 41.0 Å². The summed E-state index contributed by atoms with van der Waals surface area (Å²) in [4.78, 5) is 11.7. The number of carbonyl (C=O) groups excluding carboxylic acids is 1. The molecule has 0 spiro atoms. The lowest BCUT2D eigenvalue weighted by molar-refractivity contribution is -0.142. The minimum Gasteiger partial charge on any atom is -0.493 e. The average molecular weight is 445 g/mol. The number of aryl methyl sites for hydroxylation is 1. The lowest BCUT2D eigenvalue weighted by Gasteiger charge is -2.20. The number of hydrogen-bond donors (Lipinski definition) is 1. The van der Waals surface area contributed by atoms with E-state index in [2.05, 4.69) is 16.6 Å². The van der Waals surface area contributed by atoms with Gasteiger partial charge in [0.1, 0.15) is 5.75 Å². The second kappa shape index (κ2) is 10.1. The second-order valence-electron chi connectivity index (χ2n) is 6.23. The third kappa shape index (κ3) is 6.09. The molecule has 0 saturated carbocycles. The quantitative estimate of drug-likeness (QED) is 0.424. The number of carbonyl (C=O) groups is 1. The highest BCUT2D eigenvalue weighted by atomic mass is 19.4. The molecule has 0 aromatic heterocycles. The molecule has 10 heteroatoms. The Balaban J connectivity index is 2.52. The zero-order chi connectivity index (χ0) is 23.2. The molecule has 2 aromatic carbocycles. The van der Waals surface area contributed by atoms with Crippen LogP contribution >= 0.6 is 0 Å². The van der Waals surface area contributed by atoms with E-state index in [1.54, 1.807) is 18.2 Å². The van der Waals surface area contributed by atoms with Gasteiger partial charge in [-0.25, -0.2) is 0 Å². The summed E-state index contributed by atoms with van der Waals surface area (Å²) in [6.45, 7) is -0.220. The molecule has 168 valence electrons. The van der Waals surface area contributed by atoms with Gasteiger partial charge in [-0.05, 0) is 48.7 Å². The van der Waals surface area contributed by atoms with E-state index >= 15 is 0 Å². The zero-order valence-electron chi connectivity index (χ0n) is 16.7. The van der Waals surface area contributed by atoms with Gasteiger partial charge in [-0.3, -0.25) is 4.79 Å². The van der Waals surface area contributed by atoms with E-state index in [1.807, 2.05) is 0 Å². The van der Waals surface area contributed by atoms with E-state index in [1.165, 1.54) is 14.2 Å². The lowest BCUT2D eigenvalue weighted by Crippen LogP contribution is -2.17. The minimum atomic E-state index is -4.94. The standard InChI is InChI=1S/C21H20F5NO4/c1-4-18(28)27-15-9-8-14(21(24,25)26)19(31-20(22)23)13(15)7-5-12-6-10-16(29-2)17(11-12)30-3/h4,6,8-11,20H,1,5,7H2,2-3H3,(H,27,28). The predicted octanol–water partition coefficient (Wildman–Crippen LogP) is 5.23. The Hall–Kier alpha value is -3.30. The van der Waals surface area contributed by atoms with Crippen LogP contribution < -0.4 is 19.5 Å². The summed E-state index contributed by atoms with van der Waals surface area (Å²) >= 11 is 0. The van der Waals surface area contributed by atoms with Crippen molar-refractivity contribution in [1.82, 2.24) is 0 Å². The number of hydrogen-bond acceptors (Lipinski definition) is 4. The molecule has 1 amide bonds. The summed E-state index contributed by atoms with van der Waals surface area (Å²) in [5.41, 5.74) is -1.04. The number of anilines is 1. The highest BCUT2D eigenvalue weighted by Crippen LogP contribution is 2.42. The van der Waals surface area contributed by atoms with Gasteiger partial charge >= 0.3 is 12.8 Å². The van der Waals surface area contributed by atoms with Crippen LogP contribution in [0.25, 0.3) is 0 Å². The van der Waals surface area contributed by atoms with Crippen molar-refractivity contribution in [3.8, 4) is 17.2 Å². The molecule has 0 heterocycles. The van der Waals surface area contributed by atoms with Crippen molar-refractivity contribution in [3.05, 3.63) is 59.7 Å². The number of amides is 1. The van der Waals surface area contributed by atoms with Crippen LogP contribution in [0.3, 0.4) is 0 Å². The number of rotatable bonds is 9. The molecular weight excluding hydrogens is 425 g/mol. The fourth-order valence-electron chi connectivity index (χ4n) is 2.93. The van der Waals surface area contributed by atoms with Crippen molar-refractivity contribution in [2.75, 3.05) is 19.5 Å². The number of nitrogens with one attached hydrogen (secondary N) is 1. The molecule has 0 radical (unpaired) electrons. The van der Waals surface area contributed by atoms with E-state index in [4.69, 9.17) is 9.47 Å². The molecule has 0 saturated heterocycles. The molecule has 0 aliphatic heterocycles. The van der Waals surface area contributed by atoms with Crippen LogP contribution in [0.15, 0.2) is 43.0 Å². The van der Waals surface area contributed by atoms with E-state index in [9.17, 15) is 26.7 Å². The predicted molar refractivity (Wildman–Crippen MR) is 104 cm³/mol. The van der Waals surface area contributed by atoms with E-state index < -0.39 is 30.0 Å². The van der Waals surface area contributed by atoms with Crippen LogP contribution in [0.2, 0.25) is 0 Å². The summed E-state index contributed by atoms with van der Waals surface area (Å²) in [6, 6.07) is 6.45. The third-order valence-electron chi connectivity index (χ3n) is 4.33. The monoisotopic (exact) mass is 445 g/mol. The molecule has 5 nitrogen and oxygen atoms in total. The van der Waals surface area contributed by atoms with Gasteiger partial charge in [-0.15, -0.1) is 0 Å². The SMILES string of the molecule is C=CC(=O)Nc1ccc(C(F)(F)F)c(OC(F)F)c1CCc1ccc(OC)c(OC)c1. The largest absolute Gasteiger partial charge is 0.493 e. The smallest absolute Gasteiger partial charge is 0.419 e. The van der Waals surface area contributed by atoms with Gasteiger partial charge in [0, 0.05) is 11.3 Å². The molecule has 2 rings (SSSR count). The van der Waals surface area contributed by atoms with Gasteiger partial charge in [0.05, 0.1) is 19.8 Å². The minimum absolute atomic E-state index is 0.0889. The van der Waals surface area contributed by atoms with Crippen LogP contribution in [0.1, 0.15) is 16.7 Å². The Morgan fingerprint density at radius 1 is 1.10 bits per heavy atom.